The van der Waals surface area contributed by atoms with Gasteiger partial charge in [-0.25, -0.2) is 0 Å². The first-order chi connectivity index (χ1) is 11.8. The molecule has 0 fully saturated rings. The minimum Gasteiger partial charge on any atom is -0.497 e. The zero-order valence-electron chi connectivity index (χ0n) is 14.5. The van der Waals surface area contributed by atoms with E-state index in [0.717, 1.165) is 22.8 Å². The fourth-order valence-corrected chi connectivity index (χ4v) is 2.34. The van der Waals surface area contributed by atoms with Gasteiger partial charge in [-0.3, -0.25) is 4.99 Å². The standard InChI is InChI=1S/C19H25N3O2/c1-20-19(21-13-15-9-11-17(23-2)12-10-15)22-14-18(24-3)16-7-5-4-6-8-16/h4-12,18H,13-14H2,1-3H3,(H2,20,21,22). The molecule has 0 radical (unpaired) electrons. The van der Waals surface area contributed by atoms with Gasteiger partial charge < -0.3 is 20.1 Å². The molecule has 5 nitrogen and oxygen atoms in total. The van der Waals surface area contributed by atoms with Gasteiger partial charge in [0.15, 0.2) is 5.96 Å². The van der Waals surface area contributed by atoms with Crippen LogP contribution in [-0.4, -0.2) is 33.8 Å². The van der Waals surface area contributed by atoms with Crippen LogP contribution in [0.15, 0.2) is 59.6 Å². The van der Waals surface area contributed by atoms with E-state index in [1.807, 2.05) is 42.5 Å². The second kappa shape index (κ2) is 9.57. The summed E-state index contributed by atoms with van der Waals surface area (Å²) in [7, 11) is 5.14. The number of guanidine groups is 1. The van der Waals surface area contributed by atoms with E-state index in [-0.39, 0.29) is 6.10 Å². The highest BCUT2D eigenvalue weighted by molar-refractivity contribution is 5.79. The number of hydrogen-bond acceptors (Lipinski definition) is 3. The molecule has 0 amide bonds. The van der Waals surface area contributed by atoms with Crippen LogP contribution in [-0.2, 0) is 11.3 Å². The summed E-state index contributed by atoms with van der Waals surface area (Å²) in [5, 5.41) is 6.60. The Labute approximate surface area is 143 Å². The number of hydrogen-bond donors (Lipinski definition) is 2. The van der Waals surface area contributed by atoms with E-state index in [9.17, 15) is 0 Å². The number of aliphatic imine (C=N–C) groups is 1. The summed E-state index contributed by atoms with van der Waals surface area (Å²) in [6.07, 6.45) is -0.0225. The minimum atomic E-state index is -0.0225. The summed E-state index contributed by atoms with van der Waals surface area (Å²) < 4.78 is 10.7. The molecule has 2 aromatic rings. The van der Waals surface area contributed by atoms with Crippen molar-refractivity contribution in [2.75, 3.05) is 27.8 Å². The predicted octanol–water partition coefficient (Wildman–Crippen LogP) is 2.75. The van der Waals surface area contributed by atoms with E-state index in [1.165, 1.54) is 0 Å². The van der Waals surface area contributed by atoms with Crippen molar-refractivity contribution < 1.29 is 9.47 Å². The van der Waals surface area contributed by atoms with E-state index in [2.05, 4.69) is 27.8 Å². The molecule has 0 aliphatic heterocycles. The lowest BCUT2D eigenvalue weighted by Gasteiger charge is -2.18. The normalized spacial score (nSPS) is 12.5. The fraction of sp³-hybridized carbons (Fsp3) is 0.316. The molecule has 0 aliphatic carbocycles. The maximum atomic E-state index is 5.56. The van der Waals surface area contributed by atoms with Gasteiger partial charge in [-0.05, 0) is 23.3 Å². The summed E-state index contributed by atoms with van der Waals surface area (Å²) in [6.45, 7) is 1.33. The lowest BCUT2D eigenvalue weighted by atomic mass is 10.1. The predicted molar refractivity (Wildman–Crippen MR) is 97.4 cm³/mol. The third-order valence-corrected chi connectivity index (χ3v) is 3.75. The Hall–Kier alpha value is -2.53. The molecule has 128 valence electrons. The Balaban J connectivity index is 1.85. The first kappa shape index (κ1) is 17.8. The van der Waals surface area contributed by atoms with Crippen LogP contribution in [0.5, 0.6) is 5.75 Å². The number of ether oxygens (including phenoxy) is 2. The first-order valence-corrected chi connectivity index (χ1v) is 7.92. The maximum absolute atomic E-state index is 5.56. The van der Waals surface area contributed by atoms with Crippen LogP contribution in [0.2, 0.25) is 0 Å². The number of methoxy groups -OCH3 is 2. The average Bonchev–Trinajstić information content (AvgIpc) is 2.66. The Kier molecular flexibility index (Phi) is 7.11. The van der Waals surface area contributed by atoms with Crippen LogP contribution in [0, 0.1) is 0 Å². The zero-order chi connectivity index (χ0) is 17.2. The second-order valence-electron chi connectivity index (χ2n) is 5.29. The maximum Gasteiger partial charge on any atom is 0.191 e. The Bertz CT molecular complexity index is 627. The molecule has 0 heterocycles. The summed E-state index contributed by atoms with van der Waals surface area (Å²) >= 11 is 0. The van der Waals surface area contributed by atoms with Crippen LogP contribution in [0.3, 0.4) is 0 Å². The number of nitrogens with zero attached hydrogens (tertiary/aromatic N) is 1. The van der Waals surface area contributed by atoms with Crippen LogP contribution < -0.4 is 15.4 Å². The van der Waals surface area contributed by atoms with Gasteiger partial charge in [-0.2, -0.15) is 0 Å². The minimum absolute atomic E-state index is 0.0225. The molecular formula is C19H25N3O2. The van der Waals surface area contributed by atoms with Gasteiger partial charge in [0.25, 0.3) is 0 Å². The van der Waals surface area contributed by atoms with Gasteiger partial charge in [0.05, 0.1) is 13.2 Å². The fourth-order valence-electron chi connectivity index (χ4n) is 2.34. The van der Waals surface area contributed by atoms with E-state index in [0.29, 0.717) is 13.1 Å². The summed E-state index contributed by atoms with van der Waals surface area (Å²) in [4.78, 5) is 4.25. The molecular weight excluding hydrogens is 302 g/mol. The number of benzene rings is 2. The van der Waals surface area contributed by atoms with E-state index in [4.69, 9.17) is 9.47 Å². The highest BCUT2D eigenvalue weighted by atomic mass is 16.5. The second-order valence-corrected chi connectivity index (χ2v) is 5.29. The molecule has 2 N–H and O–H groups in total. The van der Waals surface area contributed by atoms with Gasteiger partial charge in [0.2, 0.25) is 0 Å². The molecule has 0 saturated carbocycles. The quantitative estimate of drug-likeness (QED) is 0.606. The SMILES string of the molecule is CN=C(NCc1ccc(OC)cc1)NCC(OC)c1ccccc1. The molecule has 1 atom stereocenters. The van der Waals surface area contributed by atoms with Crippen molar-refractivity contribution in [3.8, 4) is 5.75 Å². The largest absolute Gasteiger partial charge is 0.497 e. The van der Waals surface area contributed by atoms with Crippen molar-refractivity contribution in [1.29, 1.82) is 0 Å². The highest BCUT2D eigenvalue weighted by Gasteiger charge is 2.10. The van der Waals surface area contributed by atoms with Gasteiger partial charge >= 0.3 is 0 Å². The van der Waals surface area contributed by atoms with Gasteiger partial charge in [-0.1, -0.05) is 42.5 Å². The van der Waals surface area contributed by atoms with Gasteiger partial charge in [-0.15, -0.1) is 0 Å². The summed E-state index contributed by atoms with van der Waals surface area (Å²) in [6, 6.07) is 18.1. The van der Waals surface area contributed by atoms with Crippen molar-refractivity contribution in [3.05, 3.63) is 65.7 Å². The summed E-state index contributed by atoms with van der Waals surface area (Å²) in [5.41, 5.74) is 2.29. The monoisotopic (exact) mass is 327 g/mol. The average molecular weight is 327 g/mol. The zero-order valence-corrected chi connectivity index (χ0v) is 14.5. The van der Waals surface area contributed by atoms with Crippen molar-refractivity contribution in [2.24, 2.45) is 4.99 Å². The summed E-state index contributed by atoms with van der Waals surface area (Å²) in [5.74, 6) is 1.59. The smallest absolute Gasteiger partial charge is 0.191 e. The molecule has 5 heteroatoms. The molecule has 0 aromatic heterocycles. The van der Waals surface area contributed by atoms with Crippen LogP contribution in [0.4, 0.5) is 0 Å². The van der Waals surface area contributed by atoms with Crippen molar-refractivity contribution >= 4 is 5.96 Å². The third kappa shape index (κ3) is 5.28. The molecule has 0 bridgehead atoms. The first-order valence-electron chi connectivity index (χ1n) is 7.92. The molecule has 1 unspecified atom stereocenters. The van der Waals surface area contributed by atoms with Crippen LogP contribution >= 0.6 is 0 Å². The van der Waals surface area contributed by atoms with E-state index in [1.54, 1.807) is 21.3 Å². The van der Waals surface area contributed by atoms with Gasteiger partial charge in [0.1, 0.15) is 5.75 Å². The van der Waals surface area contributed by atoms with Crippen molar-refractivity contribution in [1.82, 2.24) is 10.6 Å². The highest BCUT2D eigenvalue weighted by Crippen LogP contribution is 2.14. The molecule has 0 aliphatic rings. The van der Waals surface area contributed by atoms with Crippen molar-refractivity contribution in [3.63, 3.8) is 0 Å². The van der Waals surface area contributed by atoms with Crippen molar-refractivity contribution in [2.45, 2.75) is 12.6 Å². The lowest BCUT2D eigenvalue weighted by molar-refractivity contribution is 0.106. The topological polar surface area (TPSA) is 54.9 Å². The van der Waals surface area contributed by atoms with E-state index >= 15 is 0 Å². The van der Waals surface area contributed by atoms with Crippen LogP contribution in [0.1, 0.15) is 17.2 Å². The molecule has 0 spiro atoms. The van der Waals surface area contributed by atoms with Crippen LogP contribution in [0.25, 0.3) is 0 Å². The molecule has 24 heavy (non-hydrogen) atoms. The third-order valence-electron chi connectivity index (χ3n) is 3.75. The lowest BCUT2D eigenvalue weighted by Crippen LogP contribution is -2.39. The Morgan fingerprint density at radius 1 is 1.00 bits per heavy atom. The van der Waals surface area contributed by atoms with E-state index < -0.39 is 0 Å². The Morgan fingerprint density at radius 3 is 2.29 bits per heavy atom. The van der Waals surface area contributed by atoms with Gasteiger partial charge in [0, 0.05) is 27.2 Å². The number of rotatable bonds is 7. The molecule has 2 rings (SSSR count). The number of nitrogens with one attached hydrogen (secondary N) is 2. The molecule has 0 saturated heterocycles. The Morgan fingerprint density at radius 2 is 1.71 bits per heavy atom. The molecule has 2 aromatic carbocycles.